The van der Waals surface area contributed by atoms with Crippen molar-refractivity contribution in [3.63, 3.8) is 0 Å². The van der Waals surface area contributed by atoms with E-state index < -0.39 is 10.0 Å². The molecule has 4 rings (SSSR count). The van der Waals surface area contributed by atoms with Gasteiger partial charge in [-0.3, -0.25) is 9.59 Å². The molecule has 1 aliphatic heterocycles. The first-order valence-electron chi connectivity index (χ1n) is 10.8. The van der Waals surface area contributed by atoms with Crippen molar-refractivity contribution in [1.29, 1.82) is 0 Å². The molecule has 0 unspecified atom stereocenters. The van der Waals surface area contributed by atoms with E-state index in [1.165, 1.54) is 16.4 Å². The van der Waals surface area contributed by atoms with Crippen molar-refractivity contribution >= 4 is 33.2 Å². The fraction of sp³-hybridized carbons (Fsp3) is 0.200. The largest absolute Gasteiger partial charge is 0.322 e. The van der Waals surface area contributed by atoms with Gasteiger partial charge in [-0.15, -0.1) is 0 Å². The fourth-order valence-electron chi connectivity index (χ4n) is 3.67. The Morgan fingerprint density at radius 2 is 1.12 bits per heavy atom. The fourth-order valence-corrected chi connectivity index (χ4v) is 5.18. The van der Waals surface area contributed by atoms with Crippen molar-refractivity contribution in [2.24, 2.45) is 0 Å². The number of nitrogens with one attached hydrogen (secondary N) is 2. The van der Waals surface area contributed by atoms with Gasteiger partial charge in [0.1, 0.15) is 0 Å². The monoisotopic (exact) mass is 463 g/mol. The number of rotatable bonds is 6. The summed E-state index contributed by atoms with van der Waals surface area (Å²) >= 11 is 0. The van der Waals surface area contributed by atoms with Crippen molar-refractivity contribution in [1.82, 2.24) is 4.31 Å². The summed E-state index contributed by atoms with van der Waals surface area (Å²) in [5.41, 5.74) is 2.04. The summed E-state index contributed by atoms with van der Waals surface area (Å²) in [7, 11) is -3.51. The quantitative estimate of drug-likeness (QED) is 0.568. The predicted molar refractivity (Wildman–Crippen MR) is 128 cm³/mol. The van der Waals surface area contributed by atoms with Gasteiger partial charge in [-0.1, -0.05) is 24.6 Å². The predicted octanol–water partition coefficient (Wildman–Crippen LogP) is 4.37. The van der Waals surface area contributed by atoms with E-state index in [1.807, 2.05) is 6.07 Å². The van der Waals surface area contributed by atoms with Crippen molar-refractivity contribution < 1.29 is 18.0 Å². The smallest absolute Gasteiger partial charge is 0.255 e. The highest BCUT2D eigenvalue weighted by Crippen LogP contribution is 2.22. The Morgan fingerprint density at radius 1 is 0.636 bits per heavy atom. The summed E-state index contributed by atoms with van der Waals surface area (Å²) in [6.45, 7) is 1.09. The van der Waals surface area contributed by atoms with Crippen LogP contribution in [0.1, 0.15) is 40.0 Å². The van der Waals surface area contributed by atoms with Crippen LogP contribution in [0.25, 0.3) is 0 Å². The van der Waals surface area contributed by atoms with Crippen LogP contribution in [0.2, 0.25) is 0 Å². The number of carbonyl (C=O) groups excluding carboxylic acids is 2. The summed E-state index contributed by atoms with van der Waals surface area (Å²) < 4.78 is 27.0. The normalized spacial score (nSPS) is 14.4. The minimum absolute atomic E-state index is 0.223. The Bertz CT molecular complexity index is 1220. The molecule has 3 aromatic rings. The lowest BCUT2D eigenvalue weighted by Crippen LogP contribution is -2.35. The second kappa shape index (κ2) is 9.97. The number of hydrogen-bond acceptors (Lipinski definition) is 4. The highest BCUT2D eigenvalue weighted by Gasteiger charge is 2.25. The summed E-state index contributed by atoms with van der Waals surface area (Å²) in [6, 6.07) is 21.6. The first kappa shape index (κ1) is 22.7. The minimum atomic E-state index is -3.51. The van der Waals surface area contributed by atoms with Crippen molar-refractivity contribution in [2.45, 2.75) is 24.2 Å². The van der Waals surface area contributed by atoms with E-state index in [9.17, 15) is 18.0 Å². The number of piperidine rings is 1. The van der Waals surface area contributed by atoms with Gasteiger partial charge in [0.05, 0.1) is 4.90 Å². The molecule has 8 heteroatoms. The van der Waals surface area contributed by atoms with Gasteiger partial charge in [-0.05, 0) is 73.5 Å². The van der Waals surface area contributed by atoms with E-state index in [-0.39, 0.29) is 16.7 Å². The van der Waals surface area contributed by atoms with E-state index in [0.29, 0.717) is 35.6 Å². The van der Waals surface area contributed by atoms with E-state index in [1.54, 1.807) is 60.7 Å². The summed E-state index contributed by atoms with van der Waals surface area (Å²) in [4.78, 5) is 25.0. The molecule has 3 aromatic carbocycles. The topological polar surface area (TPSA) is 95.6 Å². The van der Waals surface area contributed by atoms with Gasteiger partial charge in [-0.25, -0.2) is 8.42 Å². The zero-order valence-corrected chi connectivity index (χ0v) is 18.8. The van der Waals surface area contributed by atoms with Gasteiger partial charge >= 0.3 is 0 Å². The third kappa shape index (κ3) is 5.47. The molecule has 0 saturated carbocycles. The molecule has 2 N–H and O–H groups in total. The molecule has 1 fully saturated rings. The van der Waals surface area contributed by atoms with Crippen LogP contribution in [0, 0.1) is 0 Å². The standard InChI is InChI=1S/C25H25N3O4S/c29-24(19-7-3-1-4-8-19)26-21-11-9-20(10-12-21)25(30)27-22-13-15-23(16-14-22)33(31,32)28-17-5-2-6-18-28/h1,3-4,7-16H,2,5-6,17-18H2,(H,26,29)(H,27,30). The van der Waals surface area contributed by atoms with Crippen LogP contribution in [0.3, 0.4) is 0 Å². The minimum Gasteiger partial charge on any atom is -0.322 e. The van der Waals surface area contributed by atoms with E-state index in [0.717, 1.165) is 19.3 Å². The second-order valence-corrected chi connectivity index (χ2v) is 9.78. The number of amides is 2. The Morgan fingerprint density at radius 3 is 1.67 bits per heavy atom. The molecule has 1 aliphatic rings. The number of hydrogen-bond donors (Lipinski definition) is 2. The number of carbonyl (C=O) groups is 2. The van der Waals surface area contributed by atoms with Crippen LogP contribution in [0.4, 0.5) is 11.4 Å². The van der Waals surface area contributed by atoms with Gasteiger partial charge < -0.3 is 10.6 Å². The number of benzene rings is 3. The number of anilines is 2. The molecule has 33 heavy (non-hydrogen) atoms. The lowest BCUT2D eigenvalue weighted by Gasteiger charge is -2.25. The highest BCUT2D eigenvalue weighted by atomic mass is 32.2. The lowest BCUT2D eigenvalue weighted by molar-refractivity contribution is 0.102. The first-order chi connectivity index (χ1) is 15.9. The zero-order chi connectivity index (χ0) is 23.3. The second-order valence-electron chi connectivity index (χ2n) is 7.84. The Kier molecular flexibility index (Phi) is 6.86. The van der Waals surface area contributed by atoms with Crippen LogP contribution in [0.5, 0.6) is 0 Å². The van der Waals surface area contributed by atoms with Crippen molar-refractivity contribution in [3.8, 4) is 0 Å². The molecule has 0 bridgehead atoms. The van der Waals surface area contributed by atoms with Gasteiger partial charge in [-0.2, -0.15) is 4.31 Å². The SMILES string of the molecule is O=C(Nc1ccc(C(=O)Nc2ccc(S(=O)(=O)N3CCCCC3)cc2)cc1)c1ccccc1. The van der Waals surface area contributed by atoms with Gasteiger partial charge in [0, 0.05) is 35.6 Å². The third-order valence-electron chi connectivity index (χ3n) is 5.51. The van der Waals surface area contributed by atoms with Crippen LogP contribution in [-0.4, -0.2) is 37.6 Å². The maximum atomic E-state index is 12.7. The average molecular weight is 464 g/mol. The molecule has 1 heterocycles. The first-order valence-corrected chi connectivity index (χ1v) is 12.3. The molecular weight excluding hydrogens is 438 g/mol. The molecule has 0 spiro atoms. The average Bonchev–Trinajstić information content (AvgIpc) is 2.86. The highest BCUT2D eigenvalue weighted by molar-refractivity contribution is 7.89. The van der Waals surface area contributed by atoms with E-state index in [2.05, 4.69) is 10.6 Å². The molecular formula is C25H25N3O4S. The zero-order valence-electron chi connectivity index (χ0n) is 18.0. The van der Waals surface area contributed by atoms with Gasteiger partial charge in [0.15, 0.2) is 0 Å². The van der Waals surface area contributed by atoms with Gasteiger partial charge in [0.2, 0.25) is 10.0 Å². The Hall–Kier alpha value is -3.49. The van der Waals surface area contributed by atoms with Crippen molar-refractivity contribution in [2.75, 3.05) is 23.7 Å². The third-order valence-corrected chi connectivity index (χ3v) is 7.42. The van der Waals surface area contributed by atoms with Gasteiger partial charge in [0.25, 0.3) is 11.8 Å². The van der Waals surface area contributed by atoms with E-state index in [4.69, 9.17) is 0 Å². The number of sulfonamides is 1. The lowest BCUT2D eigenvalue weighted by atomic mass is 10.1. The molecule has 0 aliphatic carbocycles. The van der Waals surface area contributed by atoms with Crippen LogP contribution < -0.4 is 10.6 Å². The molecule has 0 radical (unpaired) electrons. The summed E-state index contributed by atoms with van der Waals surface area (Å²) in [6.07, 6.45) is 2.81. The summed E-state index contributed by atoms with van der Waals surface area (Å²) in [5, 5.41) is 5.56. The molecule has 0 atom stereocenters. The molecule has 0 aromatic heterocycles. The van der Waals surface area contributed by atoms with Crippen molar-refractivity contribution in [3.05, 3.63) is 90.0 Å². The molecule has 170 valence electrons. The van der Waals surface area contributed by atoms with Crippen LogP contribution in [0.15, 0.2) is 83.8 Å². The number of nitrogens with zero attached hydrogens (tertiary/aromatic N) is 1. The molecule has 1 saturated heterocycles. The van der Waals surface area contributed by atoms with Crippen LogP contribution >= 0.6 is 0 Å². The summed E-state index contributed by atoms with van der Waals surface area (Å²) in [5.74, 6) is -0.560. The maximum Gasteiger partial charge on any atom is 0.255 e. The Labute approximate surface area is 193 Å². The maximum absolute atomic E-state index is 12.7. The van der Waals surface area contributed by atoms with Crippen LogP contribution in [-0.2, 0) is 10.0 Å². The Balaban J connectivity index is 1.37. The van der Waals surface area contributed by atoms with E-state index >= 15 is 0 Å². The molecule has 7 nitrogen and oxygen atoms in total. The molecule has 2 amide bonds.